The number of nitrogens with zero attached hydrogens (tertiary/aromatic N) is 3. The first-order valence-corrected chi connectivity index (χ1v) is 9.31. The number of para-hydroxylation sites is 1. The molecule has 3 aromatic rings. The van der Waals surface area contributed by atoms with Gasteiger partial charge in [0.05, 0.1) is 36.0 Å². The highest BCUT2D eigenvalue weighted by Gasteiger charge is 2.26. The summed E-state index contributed by atoms with van der Waals surface area (Å²) in [5.41, 5.74) is 0.743. The van der Waals surface area contributed by atoms with Crippen LogP contribution in [0.25, 0.3) is 5.69 Å². The van der Waals surface area contributed by atoms with Crippen LogP contribution in [0, 0.1) is 10.1 Å². The van der Waals surface area contributed by atoms with Gasteiger partial charge in [0.15, 0.2) is 4.90 Å². The van der Waals surface area contributed by atoms with Gasteiger partial charge in [0.25, 0.3) is 5.69 Å². The van der Waals surface area contributed by atoms with Gasteiger partial charge in [-0.25, -0.2) is 17.8 Å². The van der Waals surface area contributed by atoms with Crippen molar-refractivity contribution >= 4 is 15.7 Å². The molecule has 1 N–H and O–H groups in total. The van der Waals surface area contributed by atoms with Crippen molar-refractivity contribution in [3.8, 4) is 11.4 Å². The Labute approximate surface area is 155 Å². The summed E-state index contributed by atoms with van der Waals surface area (Å²) in [6, 6.07) is 14.6. The van der Waals surface area contributed by atoms with Crippen molar-refractivity contribution in [1.29, 1.82) is 0 Å². The van der Waals surface area contributed by atoms with Crippen molar-refractivity contribution in [2.24, 2.45) is 0 Å². The van der Waals surface area contributed by atoms with E-state index in [4.69, 9.17) is 4.74 Å². The van der Waals surface area contributed by atoms with Crippen LogP contribution in [0.15, 0.2) is 65.7 Å². The Bertz CT molecular complexity index is 1060. The lowest BCUT2D eigenvalue weighted by Crippen LogP contribution is -2.24. The number of nitrogens with one attached hydrogen (secondary N) is 1. The Morgan fingerprint density at radius 2 is 1.93 bits per heavy atom. The van der Waals surface area contributed by atoms with Gasteiger partial charge >= 0.3 is 0 Å². The first kappa shape index (κ1) is 18.5. The molecule has 0 amide bonds. The molecule has 0 saturated carbocycles. The van der Waals surface area contributed by atoms with Crippen LogP contribution in [0.1, 0.15) is 5.69 Å². The number of sulfonamides is 1. The number of hydrogen-bond donors (Lipinski definition) is 1. The van der Waals surface area contributed by atoms with E-state index in [9.17, 15) is 18.5 Å². The zero-order valence-corrected chi connectivity index (χ0v) is 15.1. The molecule has 0 unspecified atom stereocenters. The standard InChI is InChI=1S/C17H16N4O5S/c1-26-15-7-8-17(16(11-15)21(22)23)27(24,25)18-12-13-9-10-20(19-13)14-5-3-2-4-6-14/h2-11,18H,12H2,1H3. The predicted molar refractivity (Wildman–Crippen MR) is 97.2 cm³/mol. The highest BCUT2D eigenvalue weighted by molar-refractivity contribution is 7.89. The molecule has 0 aliphatic carbocycles. The molecule has 3 rings (SSSR count). The van der Waals surface area contributed by atoms with Crippen molar-refractivity contribution < 1.29 is 18.1 Å². The predicted octanol–water partition coefficient (Wildman–Crippen LogP) is 2.27. The first-order chi connectivity index (χ1) is 12.9. The topological polar surface area (TPSA) is 116 Å². The smallest absolute Gasteiger partial charge is 0.293 e. The monoisotopic (exact) mass is 388 g/mol. The number of rotatable bonds is 7. The number of nitro benzene ring substituents is 1. The van der Waals surface area contributed by atoms with Gasteiger partial charge in [0.2, 0.25) is 10.0 Å². The van der Waals surface area contributed by atoms with E-state index >= 15 is 0 Å². The van der Waals surface area contributed by atoms with Crippen molar-refractivity contribution in [3.63, 3.8) is 0 Å². The number of methoxy groups -OCH3 is 1. The third kappa shape index (κ3) is 4.13. The van der Waals surface area contributed by atoms with Gasteiger partial charge in [0, 0.05) is 6.20 Å². The normalized spacial score (nSPS) is 11.3. The van der Waals surface area contributed by atoms with Crippen molar-refractivity contribution in [1.82, 2.24) is 14.5 Å². The van der Waals surface area contributed by atoms with Gasteiger partial charge in [0.1, 0.15) is 5.75 Å². The summed E-state index contributed by atoms with van der Waals surface area (Å²) in [4.78, 5) is 10.0. The van der Waals surface area contributed by atoms with Crippen LogP contribution < -0.4 is 9.46 Å². The van der Waals surface area contributed by atoms with Gasteiger partial charge in [-0.3, -0.25) is 10.1 Å². The van der Waals surface area contributed by atoms with Crippen LogP contribution in [0.5, 0.6) is 5.75 Å². The Hall–Kier alpha value is -3.24. The lowest BCUT2D eigenvalue weighted by Gasteiger charge is -2.07. The molecule has 1 heterocycles. The summed E-state index contributed by atoms with van der Waals surface area (Å²) in [7, 11) is -2.77. The summed E-state index contributed by atoms with van der Waals surface area (Å²) in [6.07, 6.45) is 1.70. The molecule has 2 aromatic carbocycles. The van der Waals surface area contributed by atoms with Crippen LogP contribution in [-0.4, -0.2) is 30.2 Å². The average molecular weight is 388 g/mol. The number of nitro groups is 1. The van der Waals surface area contributed by atoms with Crippen molar-refractivity contribution in [3.05, 3.63) is 76.6 Å². The molecule has 0 fully saturated rings. The zero-order chi connectivity index (χ0) is 19.4. The molecule has 10 heteroatoms. The third-order valence-electron chi connectivity index (χ3n) is 3.76. The van der Waals surface area contributed by atoms with Crippen LogP contribution in [0.3, 0.4) is 0 Å². The summed E-state index contributed by atoms with van der Waals surface area (Å²) < 4.78 is 33.9. The van der Waals surface area contributed by atoms with Gasteiger partial charge in [-0.15, -0.1) is 0 Å². The van der Waals surface area contributed by atoms with Gasteiger partial charge in [-0.1, -0.05) is 18.2 Å². The molecule has 9 nitrogen and oxygen atoms in total. The highest BCUT2D eigenvalue weighted by Crippen LogP contribution is 2.28. The maximum Gasteiger partial charge on any atom is 0.293 e. The largest absolute Gasteiger partial charge is 0.497 e. The van der Waals surface area contributed by atoms with E-state index in [1.807, 2.05) is 30.3 Å². The van der Waals surface area contributed by atoms with Crippen LogP contribution in [-0.2, 0) is 16.6 Å². The van der Waals surface area contributed by atoms with E-state index in [1.165, 1.54) is 13.2 Å². The molecular formula is C17H16N4O5S. The Kier molecular flexibility index (Phi) is 5.19. The molecule has 0 spiro atoms. The Morgan fingerprint density at radius 3 is 2.59 bits per heavy atom. The van der Waals surface area contributed by atoms with E-state index in [0.717, 1.165) is 17.8 Å². The fourth-order valence-corrected chi connectivity index (χ4v) is 3.57. The average Bonchev–Trinajstić information content (AvgIpc) is 3.16. The number of ether oxygens (including phenoxy) is 1. The Balaban J connectivity index is 1.80. The molecule has 1 aromatic heterocycles. The third-order valence-corrected chi connectivity index (χ3v) is 5.21. The minimum absolute atomic E-state index is 0.106. The maximum absolute atomic E-state index is 12.5. The SMILES string of the molecule is COc1ccc(S(=O)(=O)NCc2ccn(-c3ccccc3)n2)c([N+](=O)[O-])c1. The van der Waals surface area contributed by atoms with Crippen molar-refractivity contribution in [2.45, 2.75) is 11.4 Å². The summed E-state index contributed by atoms with van der Waals surface area (Å²) in [5.74, 6) is 0.197. The molecule has 0 radical (unpaired) electrons. The molecule has 0 bridgehead atoms. The first-order valence-electron chi connectivity index (χ1n) is 7.83. The summed E-state index contributed by atoms with van der Waals surface area (Å²) >= 11 is 0. The molecule has 140 valence electrons. The van der Waals surface area contributed by atoms with Crippen LogP contribution >= 0.6 is 0 Å². The molecule has 0 aliphatic rings. The fourth-order valence-electron chi connectivity index (χ4n) is 2.42. The molecule has 27 heavy (non-hydrogen) atoms. The molecule has 0 atom stereocenters. The van der Waals surface area contributed by atoms with E-state index < -0.39 is 25.5 Å². The van der Waals surface area contributed by atoms with Gasteiger partial charge in [-0.2, -0.15) is 5.10 Å². The highest BCUT2D eigenvalue weighted by atomic mass is 32.2. The minimum atomic E-state index is -4.11. The second-order valence-electron chi connectivity index (χ2n) is 5.50. The minimum Gasteiger partial charge on any atom is -0.497 e. The molecular weight excluding hydrogens is 372 g/mol. The van der Waals surface area contributed by atoms with Crippen LogP contribution in [0.2, 0.25) is 0 Å². The molecule has 0 saturated heterocycles. The lowest BCUT2D eigenvalue weighted by molar-refractivity contribution is -0.387. The van der Waals surface area contributed by atoms with E-state index in [2.05, 4.69) is 9.82 Å². The lowest BCUT2D eigenvalue weighted by atomic mass is 10.3. The fraction of sp³-hybridized carbons (Fsp3) is 0.118. The zero-order valence-electron chi connectivity index (χ0n) is 14.3. The van der Waals surface area contributed by atoms with Gasteiger partial charge in [-0.05, 0) is 30.3 Å². The van der Waals surface area contributed by atoms with Gasteiger partial charge < -0.3 is 4.74 Å². The number of aromatic nitrogens is 2. The van der Waals surface area contributed by atoms with Crippen molar-refractivity contribution in [2.75, 3.05) is 7.11 Å². The number of hydrogen-bond acceptors (Lipinski definition) is 6. The van der Waals surface area contributed by atoms with Crippen LogP contribution in [0.4, 0.5) is 5.69 Å². The van der Waals surface area contributed by atoms with E-state index in [-0.39, 0.29) is 12.3 Å². The van der Waals surface area contributed by atoms with E-state index in [1.54, 1.807) is 16.9 Å². The summed E-state index contributed by atoms with van der Waals surface area (Å²) in [5, 5.41) is 15.5. The second kappa shape index (κ2) is 7.56. The van der Waals surface area contributed by atoms with E-state index in [0.29, 0.717) is 5.69 Å². The Morgan fingerprint density at radius 1 is 1.19 bits per heavy atom. The maximum atomic E-state index is 12.5. The second-order valence-corrected chi connectivity index (χ2v) is 7.24. The summed E-state index contributed by atoms with van der Waals surface area (Å²) in [6.45, 7) is -0.106. The quantitative estimate of drug-likeness (QED) is 0.490. The number of benzene rings is 2. The molecule has 0 aliphatic heterocycles.